The van der Waals surface area contributed by atoms with Crippen LogP contribution in [0.1, 0.15) is 46.7 Å². The van der Waals surface area contributed by atoms with Crippen molar-refractivity contribution in [3.63, 3.8) is 0 Å². The second kappa shape index (κ2) is 12.2. The maximum Gasteiger partial charge on any atom is 0.335 e. The van der Waals surface area contributed by atoms with Crippen LogP contribution in [0.4, 0.5) is 10.2 Å². The molecule has 222 valence electrons. The Morgan fingerprint density at radius 2 is 1.98 bits per heavy atom. The molecule has 1 N–H and O–H groups in total. The summed E-state index contributed by atoms with van der Waals surface area (Å²) in [5, 5.41) is 19.0. The Bertz CT molecular complexity index is 1710. The summed E-state index contributed by atoms with van der Waals surface area (Å²) in [6.07, 6.45) is 1.05. The number of anilines is 1. The van der Waals surface area contributed by atoms with Crippen LogP contribution in [0, 0.1) is 17.1 Å². The summed E-state index contributed by atoms with van der Waals surface area (Å²) in [5.74, 6) is 0.362. The molecule has 2 aliphatic rings. The minimum Gasteiger partial charge on any atom is -0.478 e. The first-order valence-electron chi connectivity index (χ1n) is 14.1. The van der Waals surface area contributed by atoms with Gasteiger partial charge in [-0.05, 0) is 49.7 Å². The molecule has 43 heavy (non-hydrogen) atoms. The number of hydrogen-bond donors (Lipinski definition) is 1. The van der Waals surface area contributed by atoms with E-state index in [2.05, 4.69) is 26.3 Å². The highest BCUT2D eigenvalue weighted by atomic mass is 35.5. The van der Waals surface area contributed by atoms with E-state index >= 15 is 0 Å². The van der Waals surface area contributed by atoms with Crippen LogP contribution in [0.15, 0.2) is 48.5 Å². The fourth-order valence-electron chi connectivity index (χ4n) is 5.50. The fraction of sp³-hybridized carbons (Fsp3) is 0.355. The van der Waals surface area contributed by atoms with Gasteiger partial charge in [0.1, 0.15) is 24.1 Å². The molecular formula is C31H30ClFN6O4. The largest absolute Gasteiger partial charge is 0.478 e. The van der Waals surface area contributed by atoms with Gasteiger partial charge >= 0.3 is 5.97 Å². The molecule has 2 aromatic carbocycles. The Labute approximate surface area is 252 Å². The highest BCUT2D eigenvalue weighted by Crippen LogP contribution is 2.30. The Balaban J connectivity index is 1.15. The van der Waals surface area contributed by atoms with Crippen LogP contribution in [0.25, 0.3) is 11.0 Å². The molecule has 10 nitrogen and oxygen atoms in total. The molecule has 2 atom stereocenters. The van der Waals surface area contributed by atoms with Gasteiger partial charge in [0, 0.05) is 49.4 Å². The van der Waals surface area contributed by atoms with E-state index in [9.17, 15) is 14.3 Å². The zero-order chi connectivity index (χ0) is 30.1. The smallest absolute Gasteiger partial charge is 0.335 e. The number of ether oxygens (including phenoxy) is 2. The monoisotopic (exact) mass is 604 g/mol. The summed E-state index contributed by atoms with van der Waals surface area (Å²) in [4.78, 5) is 25.7. The number of aromatic nitrogens is 3. The van der Waals surface area contributed by atoms with Gasteiger partial charge in [-0.15, -0.1) is 0 Å². The molecule has 0 spiro atoms. The number of halogens is 2. The number of fused-ring (bicyclic) bond motifs is 1. The fourth-order valence-corrected chi connectivity index (χ4v) is 5.69. The van der Waals surface area contributed by atoms with E-state index in [0.29, 0.717) is 36.0 Å². The first-order valence-corrected chi connectivity index (χ1v) is 14.5. The Morgan fingerprint density at radius 3 is 2.65 bits per heavy atom. The number of aromatic carboxylic acids is 1. The van der Waals surface area contributed by atoms with E-state index in [1.54, 1.807) is 36.4 Å². The van der Waals surface area contributed by atoms with Gasteiger partial charge in [-0.2, -0.15) is 10.2 Å². The molecule has 4 aromatic rings. The molecule has 2 aliphatic heterocycles. The lowest BCUT2D eigenvalue weighted by molar-refractivity contribution is -0.0594. The van der Waals surface area contributed by atoms with Gasteiger partial charge in [-0.25, -0.2) is 14.2 Å². The highest BCUT2D eigenvalue weighted by Gasteiger charge is 2.29. The van der Waals surface area contributed by atoms with Crippen molar-refractivity contribution < 1.29 is 23.8 Å². The normalized spacial score (nSPS) is 17.8. The Kier molecular flexibility index (Phi) is 8.17. The Hall–Kier alpha value is -4.24. The number of carboxylic acids is 1. The number of rotatable bonds is 9. The van der Waals surface area contributed by atoms with Crippen LogP contribution in [0.5, 0.6) is 5.88 Å². The van der Waals surface area contributed by atoms with Gasteiger partial charge in [-0.3, -0.25) is 4.90 Å². The standard InChI is InChI=1S/C31H30ClFN6O4/c1-19(30-35-26-5-4-21(31(40)41)13-27(26)39(30)17-24-6-11-42-24)37-7-9-38(10-8-37)28-14-23(32)15-29(36-28)43-18-22-3-2-20(16-34)12-25(22)33/h2-5,12-15,19,24H,6-11,17-18H2,1H3,(H,40,41)/t19-,24-/m0/s1. The van der Waals surface area contributed by atoms with Gasteiger partial charge in [0.2, 0.25) is 5.88 Å². The predicted octanol–water partition coefficient (Wildman–Crippen LogP) is 5.04. The minimum absolute atomic E-state index is 0.0172. The molecule has 0 radical (unpaired) electrons. The number of piperazine rings is 1. The highest BCUT2D eigenvalue weighted by molar-refractivity contribution is 6.30. The number of pyridine rings is 1. The molecule has 2 fully saturated rings. The molecule has 12 heteroatoms. The van der Waals surface area contributed by atoms with E-state index in [4.69, 9.17) is 31.3 Å². The van der Waals surface area contributed by atoms with Crippen molar-refractivity contribution >= 4 is 34.4 Å². The average molecular weight is 605 g/mol. The first-order chi connectivity index (χ1) is 20.8. The van der Waals surface area contributed by atoms with Gasteiger partial charge < -0.3 is 24.0 Å². The lowest BCUT2D eigenvalue weighted by Gasteiger charge is -2.38. The van der Waals surface area contributed by atoms with Crippen LogP contribution in [0.3, 0.4) is 0 Å². The van der Waals surface area contributed by atoms with Crippen molar-refractivity contribution in [1.82, 2.24) is 19.4 Å². The molecule has 6 rings (SSSR count). The third-order valence-electron chi connectivity index (χ3n) is 8.07. The summed E-state index contributed by atoms with van der Waals surface area (Å²) in [5.41, 5.74) is 2.36. The first kappa shape index (κ1) is 28.9. The minimum atomic E-state index is -0.968. The quantitative estimate of drug-likeness (QED) is 0.280. The van der Waals surface area contributed by atoms with E-state index in [0.717, 1.165) is 43.0 Å². The van der Waals surface area contributed by atoms with Crippen molar-refractivity contribution in [2.75, 3.05) is 37.7 Å². The van der Waals surface area contributed by atoms with E-state index in [1.807, 2.05) is 6.07 Å². The average Bonchev–Trinajstić information content (AvgIpc) is 3.35. The number of hydrogen-bond acceptors (Lipinski definition) is 8. The van der Waals surface area contributed by atoms with Gasteiger partial charge in [-0.1, -0.05) is 17.7 Å². The zero-order valence-electron chi connectivity index (χ0n) is 23.5. The van der Waals surface area contributed by atoms with Crippen LogP contribution in [-0.4, -0.2) is 69.4 Å². The van der Waals surface area contributed by atoms with E-state index in [1.165, 1.54) is 12.1 Å². The lowest BCUT2D eigenvalue weighted by Crippen LogP contribution is -2.48. The summed E-state index contributed by atoms with van der Waals surface area (Å²) in [6.45, 7) is 6.31. The number of carboxylic acid groups (broad SMARTS) is 1. The number of nitriles is 1. The van der Waals surface area contributed by atoms with Crippen molar-refractivity contribution in [2.45, 2.75) is 38.6 Å². The molecule has 4 heterocycles. The molecule has 0 amide bonds. The predicted molar refractivity (Wildman–Crippen MR) is 158 cm³/mol. The van der Waals surface area contributed by atoms with E-state index in [-0.39, 0.29) is 35.8 Å². The van der Waals surface area contributed by atoms with Gasteiger partial charge in [0.05, 0.1) is 46.9 Å². The SMILES string of the molecule is C[C@@H](c1nc2ccc(C(=O)O)cc2n1C[C@@H]1CCO1)N1CCN(c2cc(Cl)cc(OCc3ccc(C#N)cc3F)n2)CC1. The third-order valence-corrected chi connectivity index (χ3v) is 8.29. The van der Waals surface area contributed by atoms with E-state index < -0.39 is 11.8 Å². The molecule has 2 saturated heterocycles. The zero-order valence-corrected chi connectivity index (χ0v) is 24.3. The van der Waals surface area contributed by atoms with Gasteiger partial charge in [0.15, 0.2) is 0 Å². The second-order valence-electron chi connectivity index (χ2n) is 10.8. The molecule has 0 bridgehead atoms. The van der Waals surface area contributed by atoms with Crippen LogP contribution < -0.4 is 9.64 Å². The second-order valence-corrected chi connectivity index (χ2v) is 11.2. The maximum atomic E-state index is 14.3. The summed E-state index contributed by atoms with van der Waals surface area (Å²) in [7, 11) is 0. The third kappa shape index (κ3) is 6.13. The number of imidazole rings is 1. The summed E-state index contributed by atoms with van der Waals surface area (Å²) < 4.78 is 27.9. The number of carbonyl (C=O) groups is 1. The van der Waals surface area contributed by atoms with Crippen LogP contribution in [-0.2, 0) is 17.9 Å². The molecule has 2 aromatic heterocycles. The maximum absolute atomic E-state index is 14.3. The van der Waals surface area contributed by atoms with Crippen molar-refractivity contribution in [2.24, 2.45) is 0 Å². The lowest BCUT2D eigenvalue weighted by atomic mass is 10.1. The number of benzene rings is 2. The van der Waals surface area contributed by atoms with Crippen LogP contribution in [0.2, 0.25) is 5.02 Å². The van der Waals surface area contributed by atoms with Gasteiger partial charge in [0.25, 0.3) is 0 Å². The van der Waals surface area contributed by atoms with Crippen molar-refractivity contribution in [1.29, 1.82) is 5.26 Å². The van der Waals surface area contributed by atoms with Crippen molar-refractivity contribution in [3.8, 4) is 11.9 Å². The number of nitrogens with zero attached hydrogens (tertiary/aromatic N) is 6. The summed E-state index contributed by atoms with van der Waals surface area (Å²) in [6, 6.07) is 14.6. The topological polar surface area (TPSA) is 117 Å². The molecule has 0 unspecified atom stereocenters. The van der Waals surface area contributed by atoms with Crippen LogP contribution >= 0.6 is 11.6 Å². The molecule has 0 saturated carbocycles. The molecular weight excluding hydrogens is 575 g/mol. The van der Waals surface area contributed by atoms with Crippen molar-refractivity contribution in [3.05, 3.63) is 81.9 Å². The Morgan fingerprint density at radius 1 is 1.19 bits per heavy atom. The molecule has 0 aliphatic carbocycles. The summed E-state index contributed by atoms with van der Waals surface area (Å²) >= 11 is 6.40.